The zero-order valence-electron chi connectivity index (χ0n) is 7.70. The zero-order chi connectivity index (χ0) is 8.27. The van der Waals surface area contributed by atoms with Gasteiger partial charge in [0, 0.05) is 11.9 Å². The Morgan fingerprint density at radius 2 is 2.09 bits per heavy atom. The van der Waals surface area contributed by atoms with Gasteiger partial charge in [0.1, 0.15) is 0 Å². The molecule has 0 aromatic carbocycles. The number of hydrogen-bond acceptors (Lipinski definition) is 0. The molecule has 0 spiro atoms. The third kappa shape index (κ3) is 1.86. The molecule has 1 rings (SSSR count). The number of unbranched alkanes of at least 4 members (excludes halogenated alkanes) is 1. The molecule has 0 unspecified atom stereocenters. The highest BCUT2D eigenvalue weighted by atomic mass is 14.7. The van der Waals surface area contributed by atoms with E-state index in [0.717, 1.165) is 0 Å². The van der Waals surface area contributed by atoms with Crippen molar-refractivity contribution in [3.63, 3.8) is 0 Å². The molecular weight excluding hydrogens is 134 g/mol. The summed E-state index contributed by atoms with van der Waals surface area (Å²) in [6.07, 6.45) is 5.92. The van der Waals surface area contributed by atoms with Crippen LogP contribution in [-0.2, 0) is 6.42 Å². The molecule has 0 atom stereocenters. The van der Waals surface area contributed by atoms with Gasteiger partial charge in [-0.2, -0.15) is 0 Å². The van der Waals surface area contributed by atoms with Crippen LogP contribution in [-0.4, -0.2) is 4.98 Å². The molecule has 0 radical (unpaired) electrons. The van der Waals surface area contributed by atoms with Crippen LogP contribution in [0.1, 0.15) is 36.6 Å². The average molecular weight is 151 g/mol. The molecule has 0 aliphatic rings. The van der Waals surface area contributed by atoms with Gasteiger partial charge in [0.25, 0.3) is 0 Å². The van der Waals surface area contributed by atoms with Crippen LogP contribution < -0.4 is 0 Å². The topological polar surface area (TPSA) is 15.8 Å². The Morgan fingerprint density at radius 1 is 1.36 bits per heavy atom. The van der Waals surface area contributed by atoms with Crippen LogP contribution in [0.15, 0.2) is 6.20 Å². The highest BCUT2D eigenvalue weighted by Gasteiger charge is 2.02. The van der Waals surface area contributed by atoms with Gasteiger partial charge in [-0.15, -0.1) is 0 Å². The van der Waals surface area contributed by atoms with Crippen molar-refractivity contribution in [2.75, 3.05) is 0 Å². The number of H-pyrrole nitrogens is 1. The van der Waals surface area contributed by atoms with Crippen LogP contribution in [0.2, 0.25) is 0 Å². The molecule has 1 aromatic rings. The molecule has 1 aromatic heterocycles. The summed E-state index contributed by atoms with van der Waals surface area (Å²) >= 11 is 0. The van der Waals surface area contributed by atoms with Gasteiger partial charge in [-0.3, -0.25) is 0 Å². The van der Waals surface area contributed by atoms with Crippen molar-refractivity contribution in [1.82, 2.24) is 4.98 Å². The first-order valence-electron chi connectivity index (χ1n) is 4.39. The molecule has 1 heteroatoms. The first-order chi connectivity index (χ1) is 5.25. The van der Waals surface area contributed by atoms with E-state index in [1.54, 1.807) is 0 Å². The third-order valence-corrected chi connectivity index (χ3v) is 2.21. The Hall–Kier alpha value is -0.720. The van der Waals surface area contributed by atoms with Crippen molar-refractivity contribution in [1.29, 1.82) is 0 Å². The summed E-state index contributed by atoms with van der Waals surface area (Å²) < 4.78 is 0. The summed E-state index contributed by atoms with van der Waals surface area (Å²) in [6, 6.07) is 0. The van der Waals surface area contributed by atoms with E-state index in [0.29, 0.717) is 0 Å². The van der Waals surface area contributed by atoms with Crippen LogP contribution >= 0.6 is 0 Å². The number of aryl methyl sites for hydroxylation is 2. The Bertz CT molecular complexity index is 203. The lowest BCUT2D eigenvalue weighted by Gasteiger charge is -1.99. The predicted molar refractivity (Wildman–Crippen MR) is 48.9 cm³/mol. The fourth-order valence-electron chi connectivity index (χ4n) is 1.42. The van der Waals surface area contributed by atoms with Gasteiger partial charge in [0.15, 0.2) is 0 Å². The summed E-state index contributed by atoms with van der Waals surface area (Å²) in [7, 11) is 0. The average Bonchev–Trinajstić information content (AvgIpc) is 2.29. The molecule has 1 heterocycles. The normalized spacial score (nSPS) is 10.5. The van der Waals surface area contributed by atoms with Gasteiger partial charge in [0.2, 0.25) is 0 Å². The maximum absolute atomic E-state index is 3.25. The van der Waals surface area contributed by atoms with E-state index in [1.807, 2.05) is 0 Å². The Labute approximate surface area is 68.8 Å². The monoisotopic (exact) mass is 151 g/mol. The molecule has 0 saturated carbocycles. The zero-order valence-corrected chi connectivity index (χ0v) is 7.70. The van der Waals surface area contributed by atoms with E-state index < -0.39 is 0 Å². The molecule has 0 bridgehead atoms. The molecule has 11 heavy (non-hydrogen) atoms. The summed E-state index contributed by atoms with van der Waals surface area (Å²) in [5.74, 6) is 0. The largest absolute Gasteiger partial charge is 0.365 e. The molecule has 1 N–H and O–H groups in total. The van der Waals surface area contributed by atoms with Crippen molar-refractivity contribution >= 4 is 0 Å². The van der Waals surface area contributed by atoms with Gasteiger partial charge < -0.3 is 4.98 Å². The van der Waals surface area contributed by atoms with E-state index in [-0.39, 0.29) is 0 Å². The van der Waals surface area contributed by atoms with Gasteiger partial charge in [-0.05, 0) is 37.8 Å². The summed E-state index contributed by atoms with van der Waals surface area (Å²) in [4.78, 5) is 3.25. The van der Waals surface area contributed by atoms with Crippen molar-refractivity contribution < 1.29 is 0 Å². The fraction of sp³-hybridized carbons (Fsp3) is 0.600. The van der Waals surface area contributed by atoms with Crippen molar-refractivity contribution in [3.8, 4) is 0 Å². The maximum Gasteiger partial charge on any atom is 0.0150 e. The highest BCUT2D eigenvalue weighted by molar-refractivity contribution is 5.28. The maximum atomic E-state index is 3.25. The predicted octanol–water partition coefficient (Wildman–Crippen LogP) is 2.97. The van der Waals surface area contributed by atoms with Crippen molar-refractivity contribution in [2.45, 2.75) is 40.0 Å². The van der Waals surface area contributed by atoms with Gasteiger partial charge in [-0.1, -0.05) is 13.3 Å². The molecule has 0 aliphatic carbocycles. The number of aromatic amines is 1. The van der Waals surface area contributed by atoms with Crippen molar-refractivity contribution in [2.24, 2.45) is 0 Å². The van der Waals surface area contributed by atoms with Crippen LogP contribution in [0.5, 0.6) is 0 Å². The van der Waals surface area contributed by atoms with Gasteiger partial charge in [-0.25, -0.2) is 0 Å². The van der Waals surface area contributed by atoms with E-state index >= 15 is 0 Å². The SMILES string of the molecule is CCCCc1c(C)c[nH]c1C. The number of nitrogens with one attached hydrogen (secondary N) is 1. The number of rotatable bonds is 3. The second kappa shape index (κ2) is 3.61. The van der Waals surface area contributed by atoms with Crippen LogP contribution in [0.25, 0.3) is 0 Å². The fourth-order valence-corrected chi connectivity index (χ4v) is 1.42. The van der Waals surface area contributed by atoms with E-state index in [9.17, 15) is 0 Å². The van der Waals surface area contributed by atoms with E-state index in [1.165, 1.54) is 36.1 Å². The third-order valence-electron chi connectivity index (χ3n) is 2.21. The standard InChI is InChI=1S/C10H17N/c1-4-5-6-10-8(2)7-11-9(10)3/h7,11H,4-6H2,1-3H3. The minimum Gasteiger partial charge on any atom is -0.365 e. The van der Waals surface area contributed by atoms with E-state index in [4.69, 9.17) is 0 Å². The number of aromatic nitrogens is 1. The Morgan fingerprint density at radius 3 is 2.55 bits per heavy atom. The molecule has 0 saturated heterocycles. The summed E-state index contributed by atoms with van der Waals surface area (Å²) in [5, 5.41) is 0. The molecule has 1 nitrogen and oxygen atoms in total. The molecule has 0 fully saturated rings. The first-order valence-corrected chi connectivity index (χ1v) is 4.39. The second-order valence-electron chi connectivity index (χ2n) is 3.18. The smallest absolute Gasteiger partial charge is 0.0150 e. The van der Waals surface area contributed by atoms with Crippen LogP contribution in [0.4, 0.5) is 0 Å². The van der Waals surface area contributed by atoms with E-state index in [2.05, 4.69) is 32.0 Å². The lowest BCUT2D eigenvalue weighted by molar-refractivity contribution is 0.788. The summed E-state index contributed by atoms with van der Waals surface area (Å²) in [6.45, 7) is 6.56. The minimum atomic E-state index is 1.23. The minimum absolute atomic E-state index is 1.23. The quantitative estimate of drug-likeness (QED) is 0.683. The molecule has 62 valence electrons. The molecular formula is C10H17N. The Kier molecular flexibility index (Phi) is 2.75. The van der Waals surface area contributed by atoms with Gasteiger partial charge >= 0.3 is 0 Å². The van der Waals surface area contributed by atoms with Gasteiger partial charge in [0.05, 0.1) is 0 Å². The lowest BCUT2D eigenvalue weighted by atomic mass is 10.1. The van der Waals surface area contributed by atoms with Crippen LogP contribution in [0.3, 0.4) is 0 Å². The Balaban J connectivity index is 2.67. The lowest BCUT2D eigenvalue weighted by Crippen LogP contribution is -1.87. The van der Waals surface area contributed by atoms with Crippen LogP contribution in [0, 0.1) is 13.8 Å². The van der Waals surface area contributed by atoms with Crippen molar-refractivity contribution in [3.05, 3.63) is 23.0 Å². The molecule has 0 aliphatic heterocycles. The molecule has 0 amide bonds. The first kappa shape index (κ1) is 8.38. The summed E-state index contributed by atoms with van der Waals surface area (Å²) in [5.41, 5.74) is 4.28. The second-order valence-corrected chi connectivity index (χ2v) is 3.18. The highest BCUT2D eigenvalue weighted by Crippen LogP contribution is 2.14. The number of hydrogen-bond donors (Lipinski definition) is 1.